The van der Waals surface area contributed by atoms with Crippen LogP contribution in [0.5, 0.6) is 0 Å². The number of hydrogen-bond donors (Lipinski definition) is 3. The molecule has 0 radical (unpaired) electrons. The molecule has 102 heavy (non-hydrogen) atoms. The summed E-state index contributed by atoms with van der Waals surface area (Å²) in [7, 11) is -9.93. The first-order chi connectivity index (χ1) is 49.2. The average molecular weight is 1490 g/mol. The predicted octanol–water partition coefficient (Wildman–Crippen LogP) is 24.8. The highest BCUT2D eigenvalue weighted by molar-refractivity contribution is 7.47. The number of rotatable bonds is 80. The zero-order chi connectivity index (χ0) is 75.3. The molecule has 0 saturated carbocycles. The van der Waals surface area contributed by atoms with Gasteiger partial charge in [0.2, 0.25) is 0 Å². The maximum atomic E-state index is 13.1. The highest BCUT2D eigenvalue weighted by Gasteiger charge is 2.30. The predicted molar refractivity (Wildman–Crippen MR) is 418 cm³/mol. The molecule has 0 bridgehead atoms. The van der Waals surface area contributed by atoms with E-state index in [1.165, 1.54) is 231 Å². The molecular weight excluding hydrogens is 1330 g/mol. The summed E-state index contributed by atoms with van der Waals surface area (Å²) in [6.07, 6.45) is 59.5. The van der Waals surface area contributed by atoms with E-state index in [2.05, 4.69) is 55.4 Å². The fourth-order valence-electron chi connectivity index (χ4n) is 12.7. The maximum Gasteiger partial charge on any atom is 0.472 e. The van der Waals surface area contributed by atoms with Crippen LogP contribution in [0.1, 0.15) is 428 Å². The zero-order valence-corrected chi connectivity index (χ0v) is 69.0. The summed E-state index contributed by atoms with van der Waals surface area (Å²) in [6, 6.07) is 0. The molecule has 0 rings (SSSR count). The van der Waals surface area contributed by atoms with Crippen molar-refractivity contribution in [2.75, 3.05) is 39.6 Å². The summed E-state index contributed by atoms with van der Waals surface area (Å²) in [5.41, 5.74) is 0. The lowest BCUT2D eigenvalue weighted by Gasteiger charge is -2.21. The highest BCUT2D eigenvalue weighted by Crippen LogP contribution is 2.45. The van der Waals surface area contributed by atoms with Crippen LogP contribution in [-0.4, -0.2) is 96.7 Å². The third kappa shape index (κ3) is 73.6. The summed E-state index contributed by atoms with van der Waals surface area (Å²) in [5.74, 6) is 1.08. The molecule has 0 aliphatic rings. The lowest BCUT2D eigenvalue weighted by Crippen LogP contribution is -2.30. The van der Waals surface area contributed by atoms with E-state index in [0.717, 1.165) is 114 Å². The number of hydrogen-bond acceptors (Lipinski definition) is 15. The SMILES string of the molecule is CCC(C)CCCCCCCCCCCCCCCCC(=O)OC[C@H](COP(=O)(O)OC[C@@H](O)COP(=O)(O)OC[C@@H](COC(=O)CCCCCCCCCCC(C)CC)OC(=O)CCCCCCCCCCCCCC(C)C)OC(=O)CCCCCCCCCCCCCCCCCC(C)C. The Labute approximate surface area is 626 Å². The quantitative estimate of drug-likeness (QED) is 0.0222. The molecule has 0 heterocycles. The van der Waals surface area contributed by atoms with Crippen LogP contribution in [0.3, 0.4) is 0 Å². The van der Waals surface area contributed by atoms with E-state index >= 15 is 0 Å². The van der Waals surface area contributed by atoms with Gasteiger partial charge in [-0.05, 0) is 49.4 Å². The van der Waals surface area contributed by atoms with E-state index in [0.29, 0.717) is 25.7 Å². The number of ether oxygens (including phenoxy) is 4. The summed E-state index contributed by atoms with van der Waals surface area (Å²) < 4.78 is 68.8. The fourth-order valence-corrected chi connectivity index (χ4v) is 14.3. The van der Waals surface area contributed by atoms with Gasteiger partial charge in [0.05, 0.1) is 26.4 Å². The standard InChI is InChI=1S/C83H162O17P2/c1-9-75(7)61-53-45-37-29-23-17-14-15-18-24-30-39-47-55-63-80(85)93-69-78(99-82(87)65-57-49-41-31-25-19-13-11-12-16-21-27-35-43-51-59-73(3)4)71-97-101(89,90)95-67-77(84)68-96-102(91,92)98-72-79(70-94-81(86)64-56-48-40-34-33-38-46-54-62-76(8)10-2)100-83(88)66-58-50-42-32-26-20-22-28-36-44-52-60-74(5)6/h73-79,84H,9-72H2,1-8H3,(H,89,90)(H,91,92)/t75?,76?,77-,78-,79-/m1/s1. The first kappa shape index (κ1) is 100. The second-order valence-electron chi connectivity index (χ2n) is 31.3. The third-order valence-corrected chi connectivity index (χ3v) is 21.9. The van der Waals surface area contributed by atoms with Gasteiger partial charge in [0, 0.05) is 25.7 Å². The Morgan fingerprint density at radius 1 is 0.275 bits per heavy atom. The molecule has 0 fully saturated rings. The summed E-state index contributed by atoms with van der Waals surface area (Å²) in [4.78, 5) is 73.1. The van der Waals surface area contributed by atoms with Crippen LogP contribution in [0.2, 0.25) is 0 Å². The van der Waals surface area contributed by atoms with E-state index in [9.17, 15) is 43.2 Å². The third-order valence-electron chi connectivity index (χ3n) is 20.0. The van der Waals surface area contributed by atoms with Crippen LogP contribution in [-0.2, 0) is 65.4 Å². The van der Waals surface area contributed by atoms with E-state index in [-0.39, 0.29) is 25.7 Å². The van der Waals surface area contributed by atoms with Crippen molar-refractivity contribution in [3.63, 3.8) is 0 Å². The summed E-state index contributed by atoms with van der Waals surface area (Å²) in [6.45, 7) is 14.3. The second-order valence-corrected chi connectivity index (χ2v) is 34.2. The molecule has 0 aromatic carbocycles. The van der Waals surface area contributed by atoms with Crippen LogP contribution in [0.25, 0.3) is 0 Å². The van der Waals surface area contributed by atoms with Crippen LogP contribution in [0, 0.1) is 23.7 Å². The van der Waals surface area contributed by atoms with Gasteiger partial charge in [-0.15, -0.1) is 0 Å². The first-order valence-corrected chi connectivity index (χ1v) is 45.8. The molecule has 0 spiro atoms. The monoisotopic (exact) mass is 1490 g/mol. The number of phosphoric acid groups is 2. The van der Waals surface area contributed by atoms with Gasteiger partial charge in [-0.25, -0.2) is 9.13 Å². The number of carbonyl (C=O) groups excluding carboxylic acids is 4. The van der Waals surface area contributed by atoms with Gasteiger partial charge in [-0.2, -0.15) is 0 Å². The van der Waals surface area contributed by atoms with E-state index in [1.54, 1.807) is 0 Å². The van der Waals surface area contributed by atoms with Crippen LogP contribution < -0.4 is 0 Å². The lowest BCUT2D eigenvalue weighted by atomic mass is 9.99. The average Bonchev–Trinajstić information content (AvgIpc) is 0.957. The zero-order valence-electron chi connectivity index (χ0n) is 67.2. The molecule has 0 aliphatic heterocycles. The number of esters is 4. The van der Waals surface area contributed by atoms with Crippen molar-refractivity contribution in [3.05, 3.63) is 0 Å². The number of aliphatic hydroxyl groups excluding tert-OH is 1. The number of unbranched alkanes of at least 4 members (excludes halogenated alkanes) is 44. The molecule has 606 valence electrons. The van der Waals surface area contributed by atoms with Crippen molar-refractivity contribution < 1.29 is 80.2 Å². The van der Waals surface area contributed by atoms with Gasteiger partial charge >= 0.3 is 39.5 Å². The minimum Gasteiger partial charge on any atom is -0.462 e. The Kier molecular flexibility index (Phi) is 70.6. The van der Waals surface area contributed by atoms with Gasteiger partial charge in [0.1, 0.15) is 19.3 Å². The van der Waals surface area contributed by atoms with Gasteiger partial charge < -0.3 is 33.8 Å². The van der Waals surface area contributed by atoms with E-state index < -0.39 is 97.5 Å². The molecule has 17 nitrogen and oxygen atoms in total. The Morgan fingerprint density at radius 3 is 0.696 bits per heavy atom. The minimum atomic E-state index is -4.97. The van der Waals surface area contributed by atoms with Crippen molar-refractivity contribution in [1.82, 2.24) is 0 Å². The van der Waals surface area contributed by atoms with Crippen LogP contribution in [0.15, 0.2) is 0 Å². The largest absolute Gasteiger partial charge is 0.472 e. The molecule has 3 N–H and O–H groups in total. The summed E-state index contributed by atoms with van der Waals surface area (Å²) in [5, 5.41) is 10.7. The Bertz CT molecular complexity index is 1990. The normalized spacial score (nSPS) is 14.5. The Morgan fingerprint density at radius 2 is 0.471 bits per heavy atom. The number of phosphoric ester groups is 2. The molecule has 0 saturated heterocycles. The number of aliphatic hydroxyl groups is 1. The fraction of sp³-hybridized carbons (Fsp3) is 0.952. The Hall–Kier alpha value is -1.94. The molecule has 0 aromatic rings. The topological polar surface area (TPSA) is 237 Å². The van der Waals surface area contributed by atoms with E-state index in [1.807, 2.05) is 0 Å². The number of carbonyl (C=O) groups is 4. The lowest BCUT2D eigenvalue weighted by molar-refractivity contribution is -0.161. The van der Waals surface area contributed by atoms with Gasteiger partial charge in [0.15, 0.2) is 12.2 Å². The van der Waals surface area contributed by atoms with Gasteiger partial charge in [-0.1, -0.05) is 376 Å². The minimum absolute atomic E-state index is 0.106. The molecule has 0 aromatic heterocycles. The Balaban J connectivity index is 5.27. The van der Waals surface area contributed by atoms with Gasteiger partial charge in [-0.3, -0.25) is 37.3 Å². The van der Waals surface area contributed by atoms with Crippen molar-refractivity contribution in [1.29, 1.82) is 0 Å². The molecule has 0 amide bonds. The molecular formula is C83H162O17P2. The second kappa shape index (κ2) is 72.0. The first-order valence-electron chi connectivity index (χ1n) is 42.8. The summed E-state index contributed by atoms with van der Waals surface area (Å²) >= 11 is 0. The molecule has 4 unspecified atom stereocenters. The van der Waals surface area contributed by atoms with Crippen molar-refractivity contribution in [3.8, 4) is 0 Å². The smallest absolute Gasteiger partial charge is 0.462 e. The van der Waals surface area contributed by atoms with Gasteiger partial charge in [0.25, 0.3) is 0 Å². The van der Waals surface area contributed by atoms with E-state index in [4.69, 9.17) is 37.0 Å². The van der Waals surface area contributed by atoms with Crippen LogP contribution in [0.4, 0.5) is 0 Å². The van der Waals surface area contributed by atoms with Crippen molar-refractivity contribution >= 4 is 39.5 Å². The highest BCUT2D eigenvalue weighted by atomic mass is 31.2. The van der Waals surface area contributed by atoms with Crippen molar-refractivity contribution in [2.45, 2.75) is 446 Å². The molecule has 0 aliphatic carbocycles. The van der Waals surface area contributed by atoms with Crippen molar-refractivity contribution in [2.24, 2.45) is 23.7 Å². The van der Waals surface area contributed by atoms with Crippen LogP contribution >= 0.6 is 15.6 Å². The maximum absolute atomic E-state index is 13.1. The molecule has 7 atom stereocenters. The molecule has 19 heteroatoms.